The lowest BCUT2D eigenvalue weighted by Crippen LogP contribution is -2.41. The number of carbonyl (C=O) groups is 1. The van der Waals surface area contributed by atoms with Gasteiger partial charge in [-0.15, -0.1) is 0 Å². The monoisotopic (exact) mass is 338 g/mol. The van der Waals surface area contributed by atoms with E-state index in [2.05, 4.69) is 15.0 Å². The minimum absolute atomic E-state index is 0.0790. The fourth-order valence-corrected chi connectivity index (χ4v) is 2.87. The number of aromatic nitrogens is 3. The SMILES string of the molecule is Cc1ncc(-c2cc3cc(CC(=O)N4CCOCC4)ncc3cn2)o1. The number of rotatable bonds is 3. The van der Waals surface area contributed by atoms with Gasteiger partial charge in [0.05, 0.1) is 31.5 Å². The second-order valence-corrected chi connectivity index (χ2v) is 6.01. The number of morpholine rings is 1. The van der Waals surface area contributed by atoms with Crippen molar-refractivity contribution in [3.05, 3.63) is 42.3 Å². The number of carbonyl (C=O) groups excluding carboxylic acids is 1. The average Bonchev–Trinajstić information content (AvgIpc) is 3.08. The molecule has 0 spiro atoms. The highest BCUT2D eigenvalue weighted by Crippen LogP contribution is 2.23. The van der Waals surface area contributed by atoms with E-state index in [1.165, 1.54) is 0 Å². The van der Waals surface area contributed by atoms with Crippen LogP contribution in [0.5, 0.6) is 0 Å². The van der Waals surface area contributed by atoms with Crippen molar-refractivity contribution in [1.29, 1.82) is 0 Å². The number of amides is 1. The van der Waals surface area contributed by atoms with Crippen LogP contribution in [-0.2, 0) is 16.0 Å². The van der Waals surface area contributed by atoms with Crippen molar-refractivity contribution in [2.24, 2.45) is 0 Å². The first-order valence-corrected chi connectivity index (χ1v) is 8.22. The molecule has 0 bridgehead atoms. The van der Waals surface area contributed by atoms with Crippen LogP contribution in [0.1, 0.15) is 11.6 Å². The molecule has 3 aromatic heterocycles. The van der Waals surface area contributed by atoms with Gasteiger partial charge < -0.3 is 14.1 Å². The molecule has 1 fully saturated rings. The van der Waals surface area contributed by atoms with Crippen LogP contribution in [0.25, 0.3) is 22.2 Å². The molecule has 1 amide bonds. The van der Waals surface area contributed by atoms with Crippen LogP contribution >= 0.6 is 0 Å². The number of aryl methyl sites for hydroxylation is 1. The highest BCUT2D eigenvalue weighted by molar-refractivity contribution is 5.85. The molecule has 0 saturated carbocycles. The van der Waals surface area contributed by atoms with Crippen LogP contribution in [0.3, 0.4) is 0 Å². The maximum Gasteiger partial charge on any atom is 0.228 e. The lowest BCUT2D eigenvalue weighted by molar-refractivity contribution is -0.134. The Morgan fingerprint density at radius 1 is 1.08 bits per heavy atom. The molecular weight excluding hydrogens is 320 g/mol. The Bertz CT molecular complexity index is 916. The molecule has 3 aromatic rings. The van der Waals surface area contributed by atoms with E-state index in [0.717, 1.165) is 16.5 Å². The molecule has 4 heterocycles. The number of hydrogen-bond donors (Lipinski definition) is 0. The molecular formula is C18H18N4O3. The van der Waals surface area contributed by atoms with Gasteiger partial charge in [0.25, 0.3) is 0 Å². The molecule has 128 valence electrons. The summed E-state index contributed by atoms with van der Waals surface area (Å²) < 4.78 is 10.8. The maximum atomic E-state index is 12.4. The lowest BCUT2D eigenvalue weighted by atomic mass is 10.1. The van der Waals surface area contributed by atoms with Crippen molar-refractivity contribution in [3.8, 4) is 11.5 Å². The molecule has 0 aliphatic carbocycles. The van der Waals surface area contributed by atoms with Crippen molar-refractivity contribution in [2.75, 3.05) is 26.3 Å². The third-order valence-electron chi connectivity index (χ3n) is 4.23. The quantitative estimate of drug-likeness (QED) is 0.726. The van der Waals surface area contributed by atoms with E-state index in [1.54, 1.807) is 25.5 Å². The molecule has 7 heteroatoms. The van der Waals surface area contributed by atoms with E-state index in [-0.39, 0.29) is 12.3 Å². The summed E-state index contributed by atoms with van der Waals surface area (Å²) in [6, 6.07) is 3.86. The first-order chi connectivity index (χ1) is 12.2. The summed E-state index contributed by atoms with van der Waals surface area (Å²) in [5.74, 6) is 1.31. The Kier molecular flexibility index (Phi) is 4.15. The minimum Gasteiger partial charge on any atom is -0.439 e. The van der Waals surface area contributed by atoms with Gasteiger partial charge in [0, 0.05) is 37.8 Å². The van der Waals surface area contributed by atoms with Gasteiger partial charge in [-0.3, -0.25) is 14.8 Å². The van der Waals surface area contributed by atoms with Crippen molar-refractivity contribution in [1.82, 2.24) is 19.9 Å². The molecule has 0 N–H and O–H groups in total. The highest BCUT2D eigenvalue weighted by atomic mass is 16.5. The van der Waals surface area contributed by atoms with E-state index in [9.17, 15) is 4.79 Å². The second kappa shape index (κ2) is 6.60. The molecule has 1 aliphatic rings. The Balaban J connectivity index is 1.59. The minimum atomic E-state index is 0.0790. The van der Waals surface area contributed by atoms with Gasteiger partial charge in [0.2, 0.25) is 5.91 Å². The van der Waals surface area contributed by atoms with Crippen LogP contribution in [0.15, 0.2) is 35.1 Å². The summed E-state index contributed by atoms with van der Waals surface area (Å²) in [6.45, 7) is 4.28. The fourth-order valence-electron chi connectivity index (χ4n) is 2.87. The third kappa shape index (κ3) is 3.36. The molecule has 4 rings (SSSR count). The Labute approximate surface area is 144 Å². The first-order valence-electron chi connectivity index (χ1n) is 8.22. The maximum absolute atomic E-state index is 12.4. The predicted octanol–water partition coefficient (Wildman–Crippen LogP) is 1.99. The van der Waals surface area contributed by atoms with Crippen LogP contribution in [0.2, 0.25) is 0 Å². The number of oxazole rings is 1. The summed E-state index contributed by atoms with van der Waals surface area (Å²) in [5, 5.41) is 1.89. The predicted molar refractivity (Wildman–Crippen MR) is 90.9 cm³/mol. The Hall–Kier alpha value is -2.80. The van der Waals surface area contributed by atoms with E-state index < -0.39 is 0 Å². The second-order valence-electron chi connectivity index (χ2n) is 6.01. The van der Waals surface area contributed by atoms with Gasteiger partial charge in [-0.1, -0.05) is 0 Å². The van der Waals surface area contributed by atoms with Crippen LogP contribution in [0, 0.1) is 6.92 Å². The van der Waals surface area contributed by atoms with Crippen molar-refractivity contribution in [3.63, 3.8) is 0 Å². The summed E-state index contributed by atoms with van der Waals surface area (Å²) in [6.07, 6.45) is 5.45. The van der Waals surface area contributed by atoms with Crippen LogP contribution < -0.4 is 0 Å². The van der Waals surface area contributed by atoms with Gasteiger partial charge >= 0.3 is 0 Å². The molecule has 1 saturated heterocycles. The molecule has 7 nitrogen and oxygen atoms in total. The fraction of sp³-hybridized carbons (Fsp3) is 0.333. The normalized spacial score (nSPS) is 14.8. The lowest BCUT2D eigenvalue weighted by Gasteiger charge is -2.26. The topological polar surface area (TPSA) is 81.4 Å². The first kappa shape index (κ1) is 15.7. The molecule has 0 aromatic carbocycles. The Morgan fingerprint density at radius 2 is 1.88 bits per heavy atom. The summed E-state index contributed by atoms with van der Waals surface area (Å²) >= 11 is 0. The number of fused-ring (bicyclic) bond motifs is 1. The van der Waals surface area contributed by atoms with Gasteiger partial charge in [-0.05, 0) is 17.5 Å². The zero-order valence-corrected chi connectivity index (χ0v) is 13.9. The smallest absolute Gasteiger partial charge is 0.228 e. The zero-order chi connectivity index (χ0) is 17.2. The van der Waals surface area contributed by atoms with Crippen molar-refractivity contribution < 1.29 is 13.9 Å². The number of nitrogens with zero attached hydrogens (tertiary/aromatic N) is 4. The number of hydrogen-bond acceptors (Lipinski definition) is 6. The highest BCUT2D eigenvalue weighted by Gasteiger charge is 2.17. The molecule has 25 heavy (non-hydrogen) atoms. The Morgan fingerprint density at radius 3 is 2.64 bits per heavy atom. The number of ether oxygens (including phenoxy) is 1. The van der Waals surface area contributed by atoms with E-state index in [0.29, 0.717) is 43.6 Å². The van der Waals surface area contributed by atoms with Gasteiger partial charge in [0.15, 0.2) is 11.7 Å². The zero-order valence-electron chi connectivity index (χ0n) is 13.9. The summed E-state index contributed by atoms with van der Waals surface area (Å²) in [5.41, 5.74) is 1.46. The summed E-state index contributed by atoms with van der Waals surface area (Å²) in [4.78, 5) is 27.1. The van der Waals surface area contributed by atoms with E-state index >= 15 is 0 Å². The third-order valence-corrected chi connectivity index (χ3v) is 4.23. The van der Waals surface area contributed by atoms with Gasteiger partial charge in [0.1, 0.15) is 5.69 Å². The summed E-state index contributed by atoms with van der Waals surface area (Å²) in [7, 11) is 0. The van der Waals surface area contributed by atoms with Crippen molar-refractivity contribution in [2.45, 2.75) is 13.3 Å². The molecule has 0 unspecified atom stereocenters. The van der Waals surface area contributed by atoms with Crippen molar-refractivity contribution >= 4 is 16.7 Å². The van der Waals surface area contributed by atoms with Gasteiger partial charge in [-0.25, -0.2) is 4.98 Å². The largest absolute Gasteiger partial charge is 0.439 e. The molecule has 1 aliphatic heterocycles. The van der Waals surface area contributed by atoms with Crippen LogP contribution in [-0.4, -0.2) is 52.1 Å². The molecule has 0 atom stereocenters. The molecule has 0 radical (unpaired) electrons. The van der Waals surface area contributed by atoms with Gasteiger partial charge in [-0.2, -0.15) is 0 Å². The standard InChI is InChI=1S/C18H18N4O3/c1-12-19-11-17(25-12)16-7-13-6-15(20-9-14(13)10-21-16)8-18(23)22-2-4-24-5-3-22/h6-7,9-11H,2-5,8H2,1H3. The van der Waals surface area contributed by atoms with E-state index in [4.69, 9.17) is 9.15 Å². The average molecular weight is 338 g/mol. The van der Waals surface area contributed by atoms with E-state index in [1.807, 2.05) is 17.0 Å². The number of pyridine rings is 2. The van der Waals surface area contributed by atoms with Crippen LogP contribution in [0.4, 0.5) is 0 Å².